The monoisotopic (exact) mass is 340 g/mol. The van der Waals surface area contributed by atoms with Crippen LogP contribution >= 0.6 is 11.8 Å². The summed E-state index contributed by atoms with van der Waals surface area (Å²) in [6, 6.07) is 6.41. The fourth-order valence-electron chi connectivity index (χ4n) is 2.01. The fraction of sp³-hybridized carbons (Fsp3) is 0.250. The van der Waals surface area contributed by atoms with E-state index in [4.69, 9.17) is 0 Å². The molecule has 0 aliphatic carbocycles. The van der Waals surface area contributed by atoms with E-state index in [2.05, 4.69) is 4.99 Å². The number of amidine groups is 1. The molecule has 1 aromatic carbocycles. The number of hydrogen-bond donors (Lipinski definition) is 1. The molecule has 0 radical (unpaired) electrons. The largest absolute Gasteiger partial charge is 0.326 e. The minimum atomic E-state index is -3.80. The Balaban J connectivity index is 1.84. The molecule has 10 heteroatoms. The third-order valence-corrected chi connectivity index (χ3v) is 5.59. The highest BCUT2D eigenvalue weighted by molar-refractivity contribution is 8.15. The first-order valence-corrected chi connectivity index (χ1v) is 8.71. The number of rotatable bonds is 2. The van der Waals surface area contributed by atoms with Gasteiger partial charge in [0.25, 0.3) is 5.91 Å². The molecule has 1 aromatic rings. The zero-order valence-corrected chi connectivity index (χ0v) is 13.1. The Bertz CT molecular complexity index is 773. The summed E-state index contributed by atoms with van der Waals surface area (Å²) in [5.41, 5.74) is 0.981. The summed E-state index contributed by atoms with van der Waals surface area (Å²) < 4.78 is 26.4. The molecule has 2 amide bonds. The van der Waals surface area contributed by atoms with E-state index in [0.717, 1.165) is 4.31 Å². The third kappa shape index (κ3) is 2.66. The molecule has 116 valence electrons. The maximum Gasteiger partial charge on any atom is 0.326 e. The predicted molar refractivity (Wildman–Crippen MR) is 83.2 cm³/mol. The van der Waals surface area contributed by atoms with Crippen LogP contribution in [0.2, 0.25) is 0 Å². The molecule has 2 aliphatic rings. The second kappa shape index (κ2) is 5.29. The van der Waals surface area contributed by atoms with Gasteiger partial charge in [-0.25, -0.2) is 14.0 Å². The van der Waals surface area contributed by atoms with Crippen molar-refractivity contribution in [2.75, 3.05) is 23.7 Å². The molecule has 0 atom stereocenters. The maximum absolute atomic E-state index is 11.7. The van der Waals surface area contributed by atoms with Crippen LogP contribution in [0, 0.1) is 0 Å². The fourth-order valence-corrected chi connectivity index (χ4v) is 4.08. The number of hydrogen-bond acceptors (Lipinski definition) is 6. The quantitative estimate of drug-likeness (QED) is 0.821. The SMILES string of the molecule is CN1C(=O)CS/C1=N\c1ccc(N2CC(=O)NS2(=O)=O)cc1. The number of carbonyl (C=O) groups excluding carboxylic acids is 2. The van der Waals surface area contributed by atoms with Crippen molar-refractivity contribution < 1.29 is 18.0 Å². The van der Waals surface area contributed by atoms with Crippen LogP contribution in [0.4, 0.5) is 11.4 Å². The lowest BCUT2D eigenvalue weighted by atomic mass is 10.3. The Kier molecular flexibility index (Phi) is 3.57. The third-order valence-electron chi connectivity index (χ3n) is 3.17. The van der Waals surface area contributed by atoms with Crippen LogP contribution in [0.1, 0.15) is 0 Å². The molecule has 8 nitrogen and oxygen atoms in total. The van der Waals surface area contributed by atoms with Crippen LogP contribution in [-0.2, 0) is 19.8 Å². The van der Waals surface area contributed by atoms with Crippen LogP contribution in [-0.4, -0.2) is 49.6 Å². The van der Waals surface area contributed by atoms with Crippen molar-refractivity contribution in [1.82, 2.24) is 9.62 Å². The van der Waals surface area contributed by atoms with Gasteiger partial charge in [-0.1, -0.05) is 11.8 Å². The highest BCUT2D eigenvalue weighted by Crippen LogP contribution is 2.26. The number of nitrogens with zero attached hydrogens (tertiary/aromatic N) is 3. The van der Waals surface area contributed by atoms with E-state index < -0.39 is 16.1 Å². The summed E-state index contributed by atoms with van der Waals surface area (Å²) >= 11 is 1.35. The number of anilines is 1. The van der Waals surface area contributed by atoms with E-state index in [1.807, 2.05) is 4.72 Å². The van der Waals surface area contributed by atoms with E-state index in [1.54, 1.807) is 31.3 Å². The van der Waals surface area contributed by atoms with Gasteiger partial charge < -0.3 is 0 Å². The van der Waals surface area contributed by atoms with E-state index in [1.165, 1.54) is 16.7 Å². The minimum absolute atomic E-state index is 0.00637. The lowest BCUT2D eigenvalue weighted by Crippen LogP contribution is -2.29. The molecule has 2 aliphatic heterocycles. The Morgan fingerprint density at radius 1 is 1.23 bits per heavy atom. The molecular formula is C12H12N4O4S2. The Hall–Kier alpha value is -2.07. The number of benzene rings is 1. The standard InChI is InChI=1S/C12H12N4O4S2/c1-15-11(18)7-21-12(15)13-8-2-4-9(5-3-8)16-6-10(17)14-22(16,19)20/h2-5H,6-7H2,1H3,(H,14,17)/b13-12-. The molecule has 3 rings (SSSR count). The smallest absolute Gasteiger partial charge is 0.294 e. The van der Waals surface area contributed by atoms with Crippen molar-refractivity contribution in [3.05, 3.63) is 24.3 Å². The zero-order valence-electron chi connectivity index (χ0n) is 11.5. The average molecular weight is 340 g/mol. The molecule has 0 unspecified atom stereocenters. The minimum Gasteiger partial charge on any atom is -0.294 e. The summed E-state index contributed by atoms with van der Waals surface area (Å²) in [6.07, 6.45) is 0. The molecule has 2 fully saturated rings. The van der Waals surface area contributed by atoms with Crippen LogP contribution in [0.25, 0.3) is 0 Å². The maximum atomic E-state index is 11.7. The molecule has 2 heterocycles. The second-order valence-corrected chi connectivity index (χ2v) is 7.23. The van der Waals surface area contributed by atoms with Gasteiger partial charge in [0.15, 0.2) is 5.17 Å². The van der Waals surface area contributed by atoms with Crippen molar-refractivity contribution in [3.8, 4) is 0 Å². The summed E-state index contributed by atoms with van der Waals surface area (Å²) in [5.74, 6) is -0.201. The van der Waals surface area contributed by atoms with Gasteiger partial charge in [-0.3, -0.25) is 14.5 Å². The zero-order chi connectivity index (χ0) is 15.9. The molecule has 0 aromatic heterocycles. The molecule has 0 saturated carbocycles. The average Bonchev–Trinajstić information content (AvgIpc) is 2.92. The van der Waals surface area contributed by atoms with Gasteiger partial charge in [0.05, 0.1) is 17.1 Å². The van der Waals surface area contributed by atoms with Gasteiger partial charge in [-0.15, -0.1) is 0 Å². The first kappa shape index (κ1) is 14.9. The van der Waals surface area contributed by atoms with Crippen molar-refractivity contribution in [3.63, 3.8) is 0 Å². The van der Waals surface area contributed by atoms with Crippen LogP contribution in [0.15, 0.2) is 29.3 Å². The van der Waals surface area contributed by atoms with Crippen molar-refractivity contribution in [2.45, 2.75) is 0 Å². The van der Waals surface area contributed by atoms with E-state index in [9.17, 15) is 18.0 Å². The first-order valence-electron chi connectivity index (χ1n) is 6.28. The number of aliphatic imine (C=N–C) groups is 1. The lowest BCUT2D eigenvalue weighted by Gasteiger charge is -2.14. The highest BCUT2D eigenvalue weighted by Gasteiger charge is 2.33. The molecule has 1 N–H and O–H groups in total. The lowest BCUT2D eigenvalue weighted by molar-refractivity contribution is -0.123. The van der Waals surface area contributed by atoms with E-state index >= 15 is 0 Å². The van der Waals surface area contributed by atoms with Crippen molar-refractivity contribution in [1.29, 1.82) is 0 Å². The van der Waals surface area contributed by atoms with E-state index in [0.29, 0.717) is 22.3 Å². The van der Waals surface area contributed by atoms with Gasteiger partial charge in [0.2, 0.25) is 5.91 Å². The van der Waals surface area contributed by atoms with Gasteiger partial charge in [-0.05, 0) is 24.3 Å². The van der Waals surface area contributed by atoms with Gasteiger partial charge in [0, 0.05) is 7.05 Å². The first-order chi connectivity index (χ1) is 10.4. The topological polar surface area (TPSA) is 99.2 Å². The summed E-state index contributed by atoms with van der Waals surface area (Å²) in [5, 5.41) is 0.600. The normalized spacial score (nSPS) is 22.5. The number of thioether (sulfide) groups is 1. The molecule has 0 bridgehead atoms. The highest BCUT2D eigenvalue weighted by atomic mass is 32.2. The summed E-state index contributed by atoms with van der Waals surface area (Å²) in [4.78, 5) is 28.5. The van der Waals surface area contributed by atoms with Crippen molar-refractivity contribution >= 4 is 50.3 Å². The number of amides is 2. The van der Waals surface area contributed by atoms with Crippen LogP contribution in [0.3, 0.4) is 0 Å². The molecule has 0 spiro atoms. The molecular weight excluding hydrogens is 328 g/mol. The Labute approximate surface area is 131 Å². The van der Waals surface area contributed by atoms with E-state index in [-0.39, 0.29) is 12.5 Å². The summed E-state index contributed by atoms with van der Waals surface area (Å²) in [7, 11) is -2.14. The van der Waals surface area contributed by atoms with Crippen LogP contribution < -0.4 is 9.03 Å². The van der Waals surface area contributed by atoms with Crippen molar-refractivity contribution in [2.24, 2.45) is 4.99 Å². The van der Waals surface area contributed by atoms with Crippen LogP contribution in [0.5, 0.6) is 0 Å². The molecule has 22 heavy (non-hydrogen) atoms. The summed E-state index contributed by atoms with van der Waals surface area (Å²) in [6.45, 7) is -0.233. The second-order valence-electron chi connectivity index (χ2n) is 4.69. The Morgan fingerprint density at radius 3 is 2.41 bits per heavy atom. The number of nitrogens with one attached hydrogen (secondary N) is 1. The Morgan fingerprint density at radius 2 is 1.91 bits per heavy atom. The number of carbonyl (C=O) groups is 2. The predicted octanol–water partition coefficient (Wildman–Crippen LogP) is 0.0603. The van der Waals surface area contributed by atoms with Gasteiger partial charge in [-0.2, -0.15) is 8.42 Å². The van der Waals surface area contributed by atoms with Gasteiger partial charge >= 0.3 is 10.2 Å². The molecule has 2 saturated heterocycles. The van der Waals surface area contributed by atoms with Gasteiger partial charge in [0.1, 0.15) is 6.54 Å².